The molecule has 0 aliphatic heterocycles. The highest BCUT2D eigenvalue weighted by Crippen LogP contribution is 2.17. The number of hydrogen-bond acceptors (Lipinski definition) is 6. The Labute approximate surface area is 152 Å². The minimum absolute atomic E-state index is 0.113. The number of carbonyl (C=O) groups excluding carboxylic acids is 2. The van der Waals surface area contributed by atoms with Gasteiger partial charge < -0.3 is 24.2 Å². The molecule has 1 aromatic heterocycles. The molecule has 26 heavy (non-hydrogen) atoms. The largest absolute Gasteiger partial charge is 0.494 e. The van der Waals surface area contributed by atoms with Crippen molar-refractivity contribution in [1.82, 2.24) is 10.1 Å². The molecule has 0 radical (unpaired) electrons. The number of aromatic nitrogens is 1. The summed E-state index contributed by atoms with van der Waals surface area (Å²) in [5, 5.41) is 6.22. The number of carbonyl (C=O) groups is 2. The zero-order valence-corrected chi connectivity index (χ0v) is 15.2. The highest BCUT2D eigenvalue weighted by atomic mass is 16.5. The lowest BCUT2D eigenvalue weighted by atomic mass is 10.3. The molecule has 2 rings (SSSR count). The predicted octanol–water partition coefficient (Wildman–Crippen LogP) is 2.25. The zero-order chi connectivity index (χ0) is 18.9. The van der Waals surface area contributed by atoms with Crippen molar-refractivity contribution >= 4 is 17.6 Å². The molecule has 140 valence electrons. The number of nitrogens with zero attached hydrogens (tertiary/aromatic N) is 2. The molecule has 0 spiro atoms. The molecule has 0 fully saturated rings. The number of hydrogen-bond donors (Lipinski definition) is 1. The second kappa shape index (κ2) is 9.45. The summed E-state index contributed by atoms with van der Waals surface area (Å²) in [6.07, 6.45) is 0.933. The van der Waals surface area contributed by atoms with Gasteiger partial charge in [0.2, 0.25) is 5.91 Å². The number of nitrogens with one attached hydrogen (secondary N) is 1. The molecule has 0 unspecified atom stereocenters. The number of anilines is 1. The molecule has 0 aliphatic carbocycles. The van der Waals surface area contributed by atoms with E-state index in [2.05, 4.69) is 10.5 Å². The topological polar surface area (TPSA) is 93.9 Å². The van der Waals surface area contributed by atoms with Crippen LogP contribution in [0.1, 0.15) is 19.1 Å². The molecule has 1 aromatic carbocycles. The molecule has 0 saturated heterocycles. The summed E-state index contributed by atoms with van der Waals surface area (Å²) in [6, 6.07) is 8.63. The van der Waals surface area contributed by atoms with Crippen molar-refractivity contribution < 1.29 is 23.6 Å². The third-order valence-electron chi connectivity index (χ3n) is 3.36. The second-order valence-corrected chi connectivity index (χ2v) is 5.73. The average molecular weight is 361 g/mol. The van der Waals surface area contributed by atoms with Gasteiger partial charge in [-0.2, -0.15) is 0 Å². The van der Waals surface area contributed by atoms with Crippen LogP contribution in [0.15, 0.2) is 34.9 Å². The Balaban J connectivity index is 1.75. The quantitative estimate of drug-likeness (QED) is 0.736. The van der Waals surface area contributed by atoms with E-state index in [9.17, 15) is 9.59 Å². The summed E-state index contributed by atoms with van der Waals surface area (Å²) in [7, 11) is 1.53. The van der Waals surface area contributed by atoms with Gasteiger partial charge in [-0.25, -0.2) is 0 Å². The number of ether oxygens (including phenoxy) is 2. The summed E-state index contributed by atoms with van der Waals surface area (Å²) in [5.41, 5.74) is 0. The van der Waals surface area contributed by atoms with Crippen molar-refractivity contribution in [3.63, 3.8) is 0 Å². The van der Waals surface area contributed by atoms with Crippen LogP contribution in [0.25, 0.3) is 0 Å². The number of benzene rings is 1. The summed E-state index contributed by atoms with van der Waals surface area (Å²) in [4.78, 5) is 25.3. The lowest BCUT2D eigenvalue weighted by molar-refractivity contribution is -0.135. The smallest absolute Gasteiger partial charge is 0.260 e. The van der Waals surface area contributed by atoms with Crippen LogP contribution in [0.3, 0.4) is 0 Å². The maximum Gasteiger partial charge on any atom is 0.260 e. The van der Waals surface area contributed by atoms with Crippen molar-refractivity contribution in [2.75, 3.05) is 32.1 Å². The van der Waals surface area contributed by atoms with E-state index in [4.69, 9.17) is 14.0 Å². The van der Waals surface area contributed by atoms with E-state index in [1.807, 2.05) is 6.92 Å². The van der Waals surface area contributed by atoms with E-state index in [0.717, 1.165) is 12.2 Å². The minimum atomic E-state index is -0.369. The molecule has 1 N–H and O–H groups in total. The van der Waals surface area contributed by atoms with Gasteiger partial charge in [0.1, 0.15) is 17.3 Å². The molecule has 1 heterocycles. The van der Waals surface area contributed by atoms with Gasteiger partial charge >= 0.3 is 0 Å². The molecule has 8 heteroatoms. The van der Waals surface area contributed by atoms with E-state index in [1.165, 1.54) is 11.9 Å². The van der Waals surface area contributed by atoms with Crippen molar-refractivity contribution in [2.45, 2.75) is 20.3 Å². The van der Waals surface area contributed by atoms with Crippen LogP contribution >= 0.6 is 0 Å². The molecule has 0 saturated carbocycles. The number of aryl methyl sites for hydroxylation is 1. The summed E-state index contributed by atoms with van der Waals surface area (Å²) in [6.45, 7) is 4.13. The lowest BCUT2D eigenvalue weighted by Gasteiger charge is -2.16. The fourth-order valence-electron chi connectivity index (χ4n) is 2.02. The Morgan fingerprint density at radius 2 is 1.85 bits per heavy atom. The van der Waals surface area contributed by atoms with Gasteiger partial charge in [0.15, 0.2) is 12.4 Å². The number of likely N-dealkylation sites (N-methyl/N-ethyl adjacent to an activating group) is 1. The lowest BCUT2D eigenvalue weighted by Crippen LogP contribution is -2.37. The Hall–Kier alpha value is -3.03. The van der Waals surface area contributed by atoms with Crippen molar-refractivity contribution in [2.24, 2.45) is 0 Å². The third-order valence-corrected chi connectivity index (χ3v) is 3.36. The molecule has 0 aliphatic rings. The zero-order valence-electron chi connectivity index (χ0n) is 15.2. The molecule has 0 atom stereocenters. The van der Waals surface area contributed by atoms with Gasteiger partial charge in [-0.05, 0) is 37.6 Å². The van der Waals surface area contributed by atoms with E-state index in [-0.39, 0.29) is 25.0 Å². The maximum atomic E-state index is 12.1. The molecular weight excluding hydrogens is 338 g/mol. The first-order chi connectivity index (χ1) is 12.5. The molecule has 8 nitrogen and oxygen atoms in total. The monoisotopic (exact) mass is 361 g/mol. The van der Waals surface area contributed by atoms with E-state index < -0.39 is 0 Å². The fraction of sp³-hybridized carbons (Fsp3) is 0.389. The maximum absolute atomic E-state index is 12.1. The highest BCUT2D eigenvalue weighted by Gasteiger charge is 2.15. The van der Waals surface area contributed by atoms with Gasteiger partial charge in [-0.1, -0.05) is 12.1 Å². The standard InChI is InChI=1S/C18H23N3O5/c1-4-9-24-14-5-7-15(8-6-14)25-12-18(23)21(3)11-17(22)19-16-10-13(2)26-20-16/h5-8,10H,4,9,11-12H2,1-3H3,(H,19,20,22). The molecule has 0 bridgehead atoms. The van der Waals surface area contributed by atoms with Gasteiger partial charge in [-0.3, -0.25) is 9.59 Å². The van der Waals surface area contributed by atoms with Crippen molar-refractivity contribution in [1.29, 1.82) is 0 Å². The van der Waals surface area contributed by atoms with Crippen LogP contribution in [-0.2, 0) is 9.59 Å². The summed E-state index contributed by atoms with van der Waals surface area (Å²) >= 11 is 0. The Bertz CT molecular complexity index is 727. The Morgan fingerprint density at radius 3 is 2.42 bits per heavy atom. The normalized spacial score (nSPS) is 10.3. The van der Waals surface area contributed by atoms with Crippen LogP contribution in [0.2, 0.25) is 0 Å². The SMILES string of the molecule is CCCOc1ccc(OCC(=O)N(C)CC(=O)Nc2cc(C)on2)cc1. The number of amides is 2. The fourth-order valence-corrected chi connectivity index (χ4v) is 2.02. The summed E-state index contributed by atoms with van der Waals surface area (Å²) < 4.78 is 15.8. The predicted molar refractivity (Wildman–Crippen MR) is 95.2 cm³/mol. The first-order valence-corrected chi connectivity index (χ1v) is 8.30. The van der Waals surface area contributed by atoms with Crippen LogP contribution < -0.4 is 14.8 Å². The van der Waals surface area contributed by atoms with Crippen molar-refractivity contribution in [3.05, 3.63) is 36.1 Å². The van der Waals surface area contributed by atoms with Crippen LogP contribution in [-0.4, -0.2) is 48.7 Å². The van der Waals surface area contributed by atoms with E-state index in [1.54, 1.807) is 37.3 Å². The van der Waals surface area contributed by atoms with Gasteiger partial charge in [-0.15, -0.1) is 0 Å². The number of rotatable bonds is 9. The minimum Gasteiger partial charge on any atom is -0.494 e. The highest BCUT2D eigenvalue weighted by molar-refractivity contribution is 5.93. The second-order valence-electron chi connectivity index (χ2n) is 5.73. The third kappa shape index (κ3) is 6.12. The molecule has 2 aromatic rings. The van der Waals surface area contributed by atoms with Crippen LogP contribution in [0.5, 0.6) is 11.5 Å². The van der Waals surface area contributed by atoms with Gasteiger partial charge in [0.25, 0.3) is 5.91 Å². The first kappa shape index (κ1) is 19.3. The molecular formula is C18H23N3O5. The van der Waals surface area contributed by atoms with E-state index >= 15 is 0 Å². The Kier molecular flexibility index (Phi) is 7.02. The van der Waals surface area contributed by atoms with Gasteiger partial charge in [0.05, 0.1) is 13.2 Å². The average Bonchev–Trinajstić information content (AvgIpc) is 3.03. The van der Waals surface area contributed by atoms with E-state index in [0.29, 0.717) is 23.9 Å². The first-order valence-electron chi connectivity index (χ1n) is 8.30. The van der Waals surface area contributed by atoms with Crippen molar-refractivity contribution in [3.8, 4) is 11.5 Å². The molecule has 2 amide bonds. The Morgan fingerprint density at radius 1 is 1.19 bits per heavy atom. The summed E-state index contributed by atoms with van der Waals surface area (Å²) in [5.74, 6) is 1.52. The van der Waals surface area contributed by atoms with Crippen LogP contribution in [0.4, 0.5) is 5.82 Å². The van der Waals surface area contributed by atoms with Gasteiger partial charge in [0, 0.05) is 13.1 Å². The van der Waals surface area contributed by atoms with Crippen LogP contribution in [0, 0.1) is 6.92 Å².